The second-order valence-electron chi connectivity index (χ2n) is 5.84. The molecule has 2 aromatic carbocycles. The molecule has 5 nitrogen and oxygen atoms in total. The lowest BCUT2D eigenvalue weighted by atomic mass is 10.3. The van der Waals surface area contributed by atoms with Crippen LogP contribution in [0.1, 0.15) is 13.8 Å². The molecule has 2 N–H and O–H groups in total. The largest absolute Gasteiger partial charge is 0.491 e. The molecule has 0 aliphatic rings. The summed E-state index contributed by atoms with van der Waals surface area (Å²) in [4.78, 5) is 8.38. The third-order valence-electron chi connectivity index (χ3n) is 3.33. The van der Waals surface area contributed by atoms with Crippen molar-refractivity contribution >= 4 is 23.1 Å². The number of ether oxygens (including phenoxy) is 1. The van der Waals surface area contributed by atoms with Crippen LogP contribution in [0.25, 0.3) is 0 Å². The van der Waals surface area contributed by atoms with Crippen LogP contribution in [-0.2, 0) is 0 Å². The van der Waals surface area contributed by atoms with E-state index in [9.17, 15) is 8.78 Å². The molecule has 7 heteroatoms. The summed E-state index contributed by atoms with van der Waals surface area (Å²) in [6.07, 6.45) is 1.67. The second kappa shape index (κ2) is 7.77. The Balaban J connectivity index is 1.69. The van der Waals surface area contributed by atoms with E-state index in [1.165, 1.54) is 6.07 Å². The van der Waals surface area contributed by atoms with E-state index in [0.717, 1.165) is 23.6 Å². The molecular weight excluding hydrogens is 338 g/mol. The zero-order valence-electron chi connectivity index (χ0n) is 14.3. The predicted molar refractivity (Wildman–Crippen MR) is 97.2 cm³/mol. The van der Waals surface area contributed by atoms with Crippen LogP contribution in [-0.4, -0.2) is 16.1 Å². The Morgan fingerprint density at radius 1 is 0.885 bits per heavy atom. The van der Waals surface area contributed by atoms with Crippen LogP contribution in [0.2, 0.25) is 0 Å². The minimum Gasteiger partial charge on any atom is -0.491 e. The molecule has 0 aliphatic heterocycles. The maximum atomic E-state index is 13.3. The van der Waals surface area contributed by atoms with E-state index in [-0.39, 0.29) is 12.1 Å². The number of nitrogens with zero attached hydrogens (tertiary/aromatic N) is 2. The fraction of sp³-hybridized carbons (Fsp3) is 0.158. The molecule has 0 aliphatic carbocycles. The van der Waals surface area contributed by atoms with E-state index in [2.05, 4.69) is 20.6 Å². The number of hydrogen-bond donors (Lipinski definition) is 2. The fourth-order valence-electron chi connectivity index (χ4n) is 2.23. The van der Waals surface area contributed by atoms with Gasteiger partial charge in [-0.25, -0.2) is 13.8 Å². The van der Waals surface area contributed by atoms with Gasteiger partial charge in [0.2, 0.25) is 5.95 Å². The summed E-state index contributed by atoms with van der Waals surface area (Å²) < 4.78 is 31.9. The molecule has 0 fully saturated rings. The Morgan fingerprint density at radius 2 is 1.62 bits per heavy atom. The van der Waals surface area contributed by atoms with Crippen molar-refractivity contribution in [2.45, 2.75) is 20.0 Å². The third kappa shape index (κ3) is 4.66. The van der Waals surface area contributed by atoms with Gasteiger partial charge in [0.1, 0.15) is 11.6 Å². The monoisotopic (exact) mass is 356 g/mol. The maximum absolute atomic E-state index is 13.3. The SMILES string of the molecule is CC(C)Oc1ccc(Nc2ccnc(Nc3ccc(F)c(F)c3)n2)cc1. The highest BCUT2D eigenvalue weighted by molar-refractivity contribution is 5.60. The molecule has 0 saturated carbocycles. The molecule has 0 spiro atoms. The van der Waals surface area contributed by atoms with Gasteiger partial charge in [0.15, 0.2) is 11.6 Å². The highest BCUT2D eigenvalue weighted by atomic mass is 19.2. The molecule has 1 aromatic heterocycles. The van der Waals surface area contributed by atoms with Crippen molar-refractivity contribution in [1.82, 2.24) is 9.97 Å². The molecule has 3 rings (SSSR count). The van der Waals surface area contributed by atoms with Crippen LogP contribution in [0, 0.1) is 11.6 Å². The standard InChI is InChI=1S/C19H18F2N4O/c1-12(2)26-15-6-3-13(4-7-15)23-18-9-10-22-19(25-18)24-14-5-8-16(20)17(21)11-14/h3-12H,1-2H3,(H2,22,23,24,25). The number of nitrogens with one attached hydrogen (secondary N) is 2. The van der Waals surface area contributed by atoms with Gasteiger partial charge < -0.3 is 15.4 Å². The van der Waals surface area contributed by atoms with E-state index in [4.69, 9.17) is 4.74 Å². The highest BCUT2D eigenvalue weighted by Crippen LogP contribution is 2.21. The molecule has 0 radical (unpaired) electrons. The van der Waals surface area contributed by atoms with E-state index in [1.54, 1.807) is 12.3 Å². The second-order valence-corrected chi connectivity index (χ2v) is 5.84. The van der Waals surface area contributed by atoms with Crippen LogP contribution in [0.15, 0.2) is 54.7 Å². The lowest BCUT2D eigenvalue weighted by Gasteiger charge is -2.11. The molecule has 0 saturated heterocycles. The average Bonchev–Trinajstić information content (AvgIpc) is 2.60. The van der Waals surface area contributed by atoms with Gasteiger partial charge in [-0.2, -0.15) is 4.98 Å². The number of rotatable bonds is 6. The molecule has 3 aromatic rings. The van der Waals surface area contributed by atoms with Gasteiger partial charge >= 0.3 is 0 Å². The van der Waals surface area contributed by atoms with Gasteiger partial charge in [-0.15, -0.1) is 0 Å². The minimum atomic E-state index is -0.937. The first-order valence-corrected chi connectivity index (χ1v) is 8.08. The van der Waals surface area contributed by atoms with Crippen molar-refractivity contribution in [2.24, 2.45) is 0 Å². The lowest BCUT2D eigenvalue weighted by molar-refractivity contribution is 0.242. The highest BCUT2D eigenvalue weighted by Gasteiger charge is 2.05. The molecule has 0 unspecified atom stereocenters. The molecule has 1 heterocycles. The zero-order chi connectivity index (χ0) is 18.5. The van der Waals surface area contributed by atoms with Gasteiger partial charge in [0.25, 0.3) is 0 Å². The lowest BCUT2D eigenvalue weighted by Crippen LogP contribution is -2.05. The Hall–Kier alpha value is -3.22. The van der Waals surface area contributed by atoms with Crippen molar-refractivity contribution in [1.29, 1.82) is 0 Å². The Morgan fingerprint density at radius 3 is 2.31 bits per heavy atom. The van der Waals surface area contributed by atoms with Crippen molar-refractivity contribution in [3.63, 3.8) is 0 Å². The number of anilines is 4. The molecule has 0 bridgehead atoms. The summed E-state index contributed by atoms with van der Waals surface area (Å²) in [5.74, 6) is -0.234. The first-order chi connectivity index (χ1) is 12.5. The summed E-state index contributed by atoms with van der Waals surface area (Å²) in [5, 5.41) is 5.99. The molecule has 26 heavy (non-hydrogen) atoms. The Kier molecular flexibility index (Phi) is 5.26. The quantitative estimate of drug-likeness (QED) is 0.649. The fourth-order valence-corrected chi connectivity index (χ4v) is 2.23. The van der Waals surface area contributed by atoms with Crippen LogP contribution < -0.4 is 15.4 Å². The maximum Gasteiger partial charge on any atom is 0.229 e. The Labute approximate surface area is 150 Å². The summed E-state index contributed by atoms with van der Waals surface area (Å²) in [7, 11) is 0. The van der Waals surface area contributed by atoms with Crippen LogP contribution >= 0.6 is 0 Å². The molecular formula is C19H18F2N4O. The van der Waals surface area contributed by atoms with Crippen molar-refractivity contribution in [2.75, 3.05) is 10.6 Å². The number of aromatic nitrogens is 2. The summed E-state index contributed by atoms with van der Waals surface area (Å²) in [6.45, 7) is 3.93. The van der Waals surface area contributed by atoms with Crippen molar-refractivity contribution in [3.05, 3.63) is 66.4 Å². The molecule has 134 valence electrons. The van der Waals surface area contributed by atoms with E-state index < -0.39 is 11.6 Å². The number of halogens is 2. The van der Waals surface area contributed by atoms with Gasteiger partial charge in [0, 0.05) is 23.6 Å². The smallest absolute Gasteiger partial charge is 0.229 e. The number of benzene rings is 2. The average molecular weight is 356 g/mol. The van der Waals surface area contributed by atoms with Crippen LogP contribution in [0.4, 0.5) is 31.9 Å². The van der Waals surface area contributed by atoms with Crippen LogP contribution in [0.3, 0.4) is 0 Å². The van der Waals surface area contributed by atoms with E-state index in [1.807, 2.05) is 38.1 Å². The summed E-state index contributed by atoms with van der Waals surface area (Å²) in [5.41, 5.74) is 1.19. The predicted octanol–water partition coefficient (Wildman–Crippen LogP) is 5.03. The normalized spacial score (nSPS) is 10.7. The zero-order valence-corrected chi connectivity index (χ0v) is 14.3. The number of hydrogen-bond acceptors (Lipinski definition) is 5. The minimum absolute atomic E-state index is 0.112. The first kappa shape index (κ1) is 17.6. The molecule has 0 amide bonds. The first-order valence-electron chi connectivity index (χ1n) is 8.08. The van der Waals surface area contributed by atoms with Crippen molar-refractivity contribution < 1.29 is 13.5 Å². The van der Waals surface area contributed by atoms with Gasteiger partial charge in [0.05, 0.1) is 6.10 Å². The van der Waals surface area contributed by atoms with Gasteiger partial charge in [-0.3, -0.25) is 0 Å². The van der Waals surface area contributed by atoms with E-state index >= 15 is 0 Å². The van der Waals surface area contributed by atoms with Gasteiger partial charge in [-0.05, 0) is 56.3 Å². The van der Waals surface area contributed by atoms with E-state index in [0.29, 0.717) is 11.5 Å². The Bertz CT molecular complexity index is 885. The topological polar surface area (TPSA) is 59.1 Å². The summed E-state index contributed by atoms with van der Waals surface area (Å²) >= 11 is 0. The summed E-state index contributed by atoms with van der Waals surface area (Å²) in [6, 6.07) is 12.7. The van der Waals surface area contributed by atoms with Gasteiger partial charge in [-0.1, -0.05) is 0 Å². The third-order valence-corrected chi connectivity index (χ3v) is 3.33. The van der Waals surface area contributed by atoms with Crippen molar-refractivity contribution in [3.8, 4) is 5.75 Å². The molecule has 0 atom stereocenters. The van der Waals surface area contributed by atoms with Crippen LogP contribution in [0.5, 0.6) is 5.75 Å².